The van der Waals surface area contributed by atoms with Crippen LogP contribution in [0.4, 0.5) is 5.82 Å². The van der Waals surface area contributed by atoms with Gasteiger partial charge in [0.1, 0.15) is 28.1 Å². The molecule has 1 fully saturated rings. The number of carboxylic acid groups (broad SMARTS) is 1. The summed E-state index contributed by atoms with van der Waals surface area (Å²) in [5.74, 6) is -0.242. The van der Waals surface area contributed by atoms with E-state index >= 15 is 0 Å². The van der Waals surface area contributed by atoms with Gasteiger partial charge < -0.3 is 15.5 Å². The largest absolute Gasteiger partial charge is 0.506 e. The van der Waals surface area contributed by atoms with E-state index in [0.29, 0.717) is 11.5 Å². The van der Waals surface area contributed by atoms with Gasteiger partial charge in [0.05, 0.1) is 6.54 Å². The molecule has 0 aromatic carbocycles. The molecule has 0 bridgehead atoms. The van der Waals surface area contributed by atoms with Gasteiger partial charge >= 0.3 is 5.97 Å². The number of nitrogens with one attached hydrogen (secondary N) is 1. The number of carboxylic acids is 1. The molecule has 0 aliphatic heterocycles. The summed E-state index contributed by atoms with van der Waals surface area (Å²) >= 11 is 6.06. The molecule has 0 saturated heterocycles. The zero-order valence-electron chi connectivity index (χ0n) is 11.5. The van der Waals surface area contributed by atoms with Crippen molar-refractivity contribution in [3.05, 3.63) is 40.6 Å². The highest BCUT2D eigenvalue weighted by molar-refractivity contribution is 6.35. The first-order chi connectivity index (χ1) is 10.6. The average molecular weight is 321 g/mol. The summed E-state index contributed by atoms with van der Waals surface area (Å²) in [5, 5.41) is 21.8. The molecule has 3 rings (SSSR count). The van der Waals surface area contributed by atoms with E-state index < -0.39 is 5.97 Å². The number of carbonyl (C=O) groups is 1. The normalized spacial score (nSPS) is 13.9. The van der Waals surface area contributed by atoms with Crippen LogP contribution < -0.4 is 5.32 Å². The van der Waals surface area contributed by atoms with Crippen molar-refractivity contribution >= 4 is 23.4 Å². The van der Waals surface area contributed by atoms with Gasteiger partial charge in [-0.3, -0.25) is 4.98 Å². The van der Waals surface area contributed by atoms with Crippen LogP contribution in [0.15, 0.2) is 18.3 Å². The second-order valence-corrected chi connectivity index (χ2v) is 5.37. The summed E-state index contributed by atoms with van der Waals surface area (Å²) in [6.07, 6.45) is 3.44. The highest BCUT2D eigenvalue weighted by atomic mass is 35.5. The molecule has 0 spiro atoms. The number of hydrogen-bond acceptors (Lipinski definition) is 6. The van der Waals surface area contributed by atoms with Crippen LogP contribution in [0.3, 0.4) is 0 Å². The minimum atomic E-state index is -1.20. The zero-order valence-corrected chi connectivity index (χ0v) is 12.2. The SMILES string of the molecule is O=C(O)c1nc(C2CC2)nc(NCc2ncccc2O)c1Cl. The number of nitrogens with zero attached hydrogens (tertiary/aromatic N) is 3. The predicted octanol–water partition coefficient (Wildman–Crippen LogP) is 2.42. The number of halogens is 1. The van der Waals surface area contributed by atoms with Gasteiger partial charge in [0, 0.05) is 12.1 Å². The summed E-state index contributed by atoms with van der Waals surface area (Å²) in [6.45, 7) is 0.173. The summed E-state index contributed by atoms with van der Waals surface area (Å²) in [7, 11) is 0. The standard InChI is InChI=1S/C14H13ClN4O3/c15-10-11(14(21)22)18-12(7-3-4-7)19-13(10)17-6-8-9(20)2-1-5-16-8/h1-2,5,7,20H,3-4,6H2,(H,21,22)(H,17,18,19). The van der Waals surface area contributed by atoms with Crippen LogP contribution in [0.5, 0.6) is 5.75 Å². The van der Waals surface area contributed by atoms with Gasteiger partial charge in [-0.25, -0.2) is 14.8 Å². The summed E-state index contributed by atoms with van der Waals surface area (Å²) in [6, 6.07) is 3.13. The fraction of sp³-hybridized carbons (Fsp3) is 0.286. The third-order valence-corrected chi connectivity index (χ3v) is 3.66. The van der Waals surface area contributed by atoms with Gasteiger partial charge in [-0.05, 0) is 25.0 Å². The van der Waals surface area contributed by atoms with Gasteiger partial charge in [-0.1, -0.05) is 11.6 Å². The quantitative estimate of drug-likeness (QED) is 0.776. The minimum Gasteiger partial charge on any atom is -0.506 e. The Labute approximate surface area is 131 Å². The lowest BCUT2D eigenvalue weighted by molar-refractivity contribution is 0.0690. The summed E-state index contributed by atoms with van der Waals surface area (Å²) in [4.78, 5) is 23.6. The van der Waals surface area contributed by atoms with Crippen molar-refractivity contribution in [1.82, 2.24) is 15.0 Å². The number of rotatable bonds is 5. The molecule has 0 atom stereocenters. The number of hydrogen-bond donors (Lipinski definition) is 3. The van der Waals surface area contributed by atoms with Crippen molar-refractivity contribution < 1.29 is 15.0 Å². The molecule has 0 radical (unpaired) electrons. The van der Waals surface area contributed by atoms with Crippen molar-refractivity contribution in [3.8, 4) is 5.75 Å². The van der Waals surface area contributed by atoms with E-state index in [4.69, 9.17) is 11.6 Å². The molecular formula is C14H13ClN4O3. The lowest BCUT2D eigenvalue weighted by Gasteiger charge is -2.11. The molecule has 1 aliphatic carbocycles. The van der Waals surface area contributed by atoms with Gasteiger partial charge in [0.15, 0.2) is 5.69 Å². The molecule has 2 aromatic rings. The number of anilines is 1. The van der Waals surface area contributed by atoms with E-state index in [0.717, 1.165) is 12.8 Å². The Morgan fingerprint density at radius 2 is 2.18 bits per heavy atom. The maximum Gasteiger partial charge on any atom is 0.356 e. The highest BCUT2D eigenvalue weighted by Gasteiger charge is 2.29. The van der Waals surface area contributed by atoms with Crippen molar-refractivity contribution in [3.63, 3.8) is 0 Å². The molecule has 0 unspecified atom stereocenters. The van der Waals surface area contributed by atoms with Crippen LogP contribution in [0.2, 0.25) is 5.02 Å². The number of aromatic hydroxyl groups is 1. The zero-order chi connectivity index (χ0) is 15.7. The van der Waals surface area contributed by atoms with Crippen LogP contribution >= 0.6 is 11.6 Å². The van der Waals surface area contributed by atoms with Gasteiger partial charge in [-0.2, -0.15) is 0 Å². The third kappa shape index (κ3) is 2.94. The Hall–Kier alpha value is -2.41. The molecular weight excluding hydrogens is 308 g/mol. The molecule has 3 N–H and O–H groups in total. The maximum absolute atomic E-state index is 11.2. The molecule has 1 aliphatic rings. The fourth-order valence-corrected chi connectivity index (χ4v) is 2.21. The van der Waals surface area contributed by atoms with E-state index in [1.807, 2.05) is 0 Å². The van der Waals surface area contributed by atoms with Gasteiger partial charge in [-0.15, -0.1) is 0 Å². The molecule has 2 heterocycles. The molecule has 1 saturated carbocycles. The summed E-state index contributed by atoms with van der Waals surface area (Å²) in [5.41, 5.74) is 0.202. The molecule has 0 amide bonds. The minimum absolute atomic E-state index is 0.0426. The number of aromatic nitrogens is 3. The maximum atomic E-state index is 11.2. The van der Waals surface area contributed by atoms with Crippen molar-refractivity contribution in [1.29, 1.82) is 0 Å². The second kappa shape index (κ2) is 5.76. The third-order valence-electron chi connectivity index (χ3n) is 3.30. The van der Waals surface area contributed by atoms with E-state index in [9.17, 15) is 15.0 Å². The van der Waals surface area contributed by atoms with Crippen LogP contribution in [-0.4, -0.2) is 31.1 Å². The Bertz CT molecular complexity index is 734. The number of aromatic carboxylic acids is 1. The molecule has 22 heavy (non-hydrogen) atoms. The Morgan fingerprint density at radius 1 is 1.41 bits per heavy atom. The molecule has 114 valence electrons. The average Bonchev–Trinajstić information content (AvgIpc) is 3.32. The predicted molar refractivity (Wildman–Crippen MR) is 79.2 cm³/mol. The Kier molecular flexibility index (Phi) is 3.81. The van der Waals surface area contributed by atoms with E-state index in [1.165, 1.54) is 6.07 Å². The van der Waals surface area contributed by atoms with Crippen molar-refractivity contribution in [2.75, 3.05) is 5.32 Å². The van der Waals surface area contributed by atoms with Crippen molar-refractivity contribution in [2.24, 2.45) is 0 Å². The first-order valence-electron chi connectivity index (χ1n) is 6.73. The smallest absolute Gasteiger partial charge is 0.356 e. The lowest BCUT2D eigenvalue weighted by Crippen LogP contribution is -2.11. The highest BCUT2D eigenvalue weighted by Crippen LogP contribution is 2.39. The Morgan fingerprint density at radius 3 is 2.82 bits per heavy atom. The van der Waals surface area contributed by atoms with Crippen molar-refractivity contribution in [2.45, 2.75) is 25.3 Å². The van der Waals surface area contributed by atoms with Crippen LogP contribution in [0, 0.1) is 0 Å². The first-order valence-corrected chi connectivity index (χ1v) is 7.11. The topological polar surface area (TPSA) is 108 Å². The first kappa shape index (κ1) is 14.5. The van der Waals surface area contributed by atoms with E-state index in [-0.39, 0.29) is 34.7 Å². The second-order valence-electron chi connectivity index (χ2n) is 5.00. The van der Waals surface area contributed by atoms with Gasteiger partial charge in [0.25, 0.3) is 0 Å². The van der Waals surface area contributed by atoms with Gasteiger partial charge in [0.2, 0.25) is 0 Å². The molecule has 8 heteroatoms. The lowest BCUT2D eigenvalue weighted by atomic mass is 10.3. The fourth-order valence-electron chi connectivity index (χ4n) is 1.98. The van der Waals surface area contributed by atoms with Crippen LogP contribution in [-0.2, 0) is 6.54 Å². The van der Waals surface area contributed by atoms with E-state index in [2.05, 4.69) is 20.3 Å². The number of pyridine rings is 1. The summed E-state index contributed by atoms with van der Waals surface area (Å²) < 4.78 is 0. The Balaban J connectivity index is 1.89. The van der Waals surface area contributed by atoms with Crippen LogP contribution in [0.1, 0.15) is 40.8 Å². The monoisotopic (exact) mass is 320 g/mol. The van der Waals surface area contributed by atoms with Crippen LogP contribution in [0.25, 0.3) is 0 Å². The molecule has 2 aromatic heterocycles. The molecule has 7 nitrogen and oxygen atoms in total. The van der Waals surface area contributed by atoms with E-state index in [1.54, 1.807) is 12.3 Å².